The van der Waals surface area contributed by atoms with E-state index >= 15 is 0 Å². The zero-order valence-corrected chi connectivity index (χ0v) is 14.5. The Morgan fingerprint density at radius 2 is 1.75 bits per heavy atom. The molecular weight excluding hydrogens is 302 g/mol. The maximum atomic E-state index is 12.5. The topological polar surface area (TPSA) is 53.9 Å². The highest BCUT2D eigenvalue weighted by Crippen LogP contribution is 2.17. The molecule has 2 aliphatic rings. The van der Waals surface area contributed by atoms with Crippen LogP contribution in [0.5, 0.6) is 0 Å². The average Bonchev–Trinajstić information content (AvgIpc) is 3.14. The third-order valence-electron chi connectivity index (χ3n) is 5.42. The van der Waals surface area contributed by atoms with Crippen LogP contribution in [0, 0.1) is 0 Å². The molecule has 1 saturated heterocycles. The van der Waals surface area contributed by atoms with E-state index in [4.69, 9.17) is 0 Å². The fourth-order valence-corrected chi connectivity index (χ4v) is 3.78. The molecule has 0 bridgehead atoms. The van der Waals surface area contributed by atoms with Crippen molar-refractivity contribution in [2.75, 3.05) is 26.2 Å². The Bertz CT molecular complexity index is 561. The Morgan fingerprint density at radius 3 is 2.38 bits per heavy atom. The number of amides is 2. The zero-order chi connectivity index (χ0) is 16.9. The van der Waals surface area contributed by atoms with Gasteiger partial charge in [0.15, 0.2) is 6.04 Å². The first-order chi connectivity index (χ1) is 11.6. The normalized spacial score (nSPS) is 20.8. The van der Waals surface area contributed by atoms with Crippen LogP contribution in [0.2, 0.25) is 0 Å². The zero-order valence-electron chi connectivity index (χ0n) is 14.5. The van der Waals surface area contributed by atoms with Crippen LogP contribution in [0.3, 0.4) is 0 Å². The van der Waals surface area contributed by atoms with Crippen LogP contribution >= 0.6 is 0 Å². The molecule has 2 fully saturated rings. The van der Waals surface area contributed by atoms with Crippen molar-refractivity contribution in [3.05, 3.63) is 35.9 Å². The molecule has 24 heavy (non-hydrogen) atoms. The van der Waals surface area contributed by atoms with E-state index < -0.39 is 0 Å². The SMILES string of the molecule is C[C@@H](C(=O)NC1CCCC1)[NH+]1CCN(C(=O)c2ccccc2)CC1. The standard InChI is InChI=1S/C19H27N3O2/c1-15(18(23)20-17-9-5-6-10-17)21-11-13-22(14-12-21)19(24)16-7-3-2-4-8-16/h2-4,7-8,15,17H,5-6,9-14H2,1H3,(H,20,23)/p+1/t15-/m0/s1. The predicted octanol–water partition coefficient (Wildman–Crippen LogP) is 0.475. The van der Waals surface area contributed by atoms with Crippen molar-refractivity contribution in [3.63, 3.8) is 0 Å². The quantitative estimate of drug-likeness (QED) is 0.843. The fraction of sp³-hybridized carbons (Fsp3) is 0.579. The first-order valence-corrected chi connectivity index (χ1v) is 9.14. The van der Waals surface area contributed by atoms with Crippen LogP contribution in [0.1, 0.15) is 43.0 Å². The van der Waals surface area contributed by atoms with Gasteiger partial charge in [0.25, 0.3) is 11.8 Å². The summed E-state index contributed by atoms with van der Waals surface area (Å²) in [7, 11) is 0. The number of quaternary nitrogens is 1. The Kier molecular flexibility index (Phi) is 5.51. The molecule has 5 heteroatoms. The lowest BCUT2D eigenvalue weighted by molar-refractivity contribution is -0.917. The molecule has 0 aromatic heterocycles. The summed E-state index contributed by atoms with van der Waals surface area (Å²) in [6.45, 7) is 5.10. The maximum absolute atomic E-state index is 12.5. The van der Waals surface area contributed by atoms with E-state index in [1.165, 1.54) is 17.7 Å². The van der Waals surface area contributed by atoms with E-state index in [2.05, 4.69) is 5.32 Å². The van der Waals surface area contributed by atoms with Gasteiger partial charge in [-0.3, -0.25) is 9.59 Å². The minimum absolute atomic E-state index is 0.0421. The van der Waals surface area contributed by atoms with Gasteiger partial charge in [0.1, 0.15) is 0 Å². The molecular formula is C19H28N3O2+. The van der Waals surface area contributed by atoms with E-state index in [-0.39, 0.29) is 17.9 Å². The number of hydrogen-bond acceptors (Lipinski definition) is 2. The third kappa shape index (κ3) is 3.96. The van der Waals surface area contributed by atoms with Gasteiger partial charge < -0.3 is 15.1 Å². The summed E-state index contributed by atoms with van der Waals surface area (Å²) in [5, 5.41) is 3.20. The predicted molar refractivity (Wildman–Crippen MR) is 92.9 cm³/mol. The van der Waals surface area contributed by atoms with Crippen molar-refractivity contribution in [2.45, 2.75) is 44.7 Å². The first-order valence-electron chi connectivity index (χ1n) is 9.14. The highest BCUT2D eigenvalue weighted by molar-refractivity contribution is 5.94. The van der Waals surface area contributed by atoms with Gasteiger partial charge in [0.05, 0.1) is 26.2 Å². The van der Waals surface area contributed by atoms with Crippen molar-refractivity contribution < 1.29 is 14.5 Å². The van der Waals surface area contributed by atoms with Crippen LogP contribution < -0.4 is 10.2 Å². The molecule has 1 aromatic carbocycles. The third-order valence-corrected chi connectivity index (χ3v) is 5.42. The molecule has 130 valence electrons. The molecule has 5 nitrogen and oxygen atoms in total. The van der Waals surface area contributed by atoms with E-state index in [0.717, 1.165) is 31.5 Å². The van der Waals surface area contributed by atoms with Crippen molar-refractivity contribution in [1.29, 1.82) is 0 Å². The number of rotatable bonds is 4. The second-order valence-corrected chi connectivity index (χ2v) is 7.03. The van der Waals surface area contributed by atoms with Crippen LogP contribution in [-0.2, 0) is 4.79 Å². The second-order valence-electron chi connectivity index (χ2n) is 7.03. The minimum Gasteiger partial charge on any atom is -0.348 e. The molecule has 1 aromatic rings. The molecule has 0 radical (unpaired) electrons. The van der Waals surface area contributed by atoms with Gasteiger partial charge in [-0.05, 0) is 31.9 Å². The summed E-state index contributed by atoms with van der Waals surface area (Å²) < 4.78 is 0. The molecule has 1 aliphatic carbocycles. The Hall–Kier alpha value is -1.88. The molecule has 1 aliphatic heterocycles. The maximum Gasteiger partial charge on any atom is 0.278 e. The molecule has 1 heterocycles. The Balaban J connectivity index is 1.49. The lowest BCUT2D eigenvalue weighted by Crippen LogP contribution is -3.19. The average molecular weight is 330 g/mol. The number of carbonyl (C=O) groups is 2. The van der Waals surface area contributed by atoms with Crippen molar-refractivity contribution in [1.82, 2.24) is 10.2 Å². The van der Waals surface area contributed by atoms with Crippen molar-refractivity contribution >= 4 is 11.8 Å². The van der Waals surface area contributed by atoms with Gasteiger partial charge in [0.2, 0.25) is 0 Å². The van der Waals surface area contributed by atoms with Gasteiger partial charge in [0, 0.05) is 11.6 Å². The highest BCUT2D eigenvalue weighted by Gasteiger charge is 2.32. The Morgan fingerprint density at radius 1 is 1.12 bits per heavy atom. The summed E-state index contributed by atoms with van der Waals surface area (Å²) >= 11 is 0. The molecule has 0 unspecified atom stereocenters. The Labute approximate surface area is 144 Å². The first kappa shape index (κ1) is 17.0. The van der Waals surface area contributed by atoms with Crippen LogP contribution in [0.15, 0.2) is 30.3 Å². The molecule has 2 amide bonds. The van der Waals surface area contributed by atoms with Crippen molar-refractivity contribution in [3.8, 4) is 0 Å². The van der Waals surface area contributed by atoms with Crippen LogP contribution in [0.25, 0.3) is 0 Å². The number of nitrogens with zero attached hydrogens (tertiary/aromatic N) is 1. The van der Waals surface area contributed by atoms with E-state index in [1.807, 2.05) is 42.2 Å². The lowest BCUT2D eigenvalue weighted by atomic mass is 10.1. The largest absolute Gasteiger partial charge is 0.348 e. The second kappa shape index (κ2) is 7.79. The number of nitrogens with one attached hydrogen (secondary N) is 2. The van der Waals surface area contributed by atoms with Gasteiger partial charge >= 0.3 is 0 Å². The minimum atomic E-state index is -0.0421. The van der Waals surface area contributed by atoms with E-state index in [0.29, 0.717) is 19.1 Å². The van der Waals surface area contributed by atoms with Crippen molar-refractivity contribution in [2.24, 2.45) is 0 Å². The van der Waals surface area contributed by atoms with Gasteiger partial charge in [-0.25, -0.2) is 0 Å². The molecule has 1 saturated carbocycles. The number of benzene rings is 1. The van der Waals surface area contributed by atoms with E-state index in [1.54, 1.807) is 0 Å². The van der Waals surface area contributed by atoms with Gasteiger partial charge in [-0.15, -0.1) is 0 Å². The molecule has 3 rings (SSSR count). The highest BCUT2D eigenvalue weighted by atomic mass is 16.2. The summed E-state index contributed by atoms with van der Waals surface area (Å²) in [6.07, 6.45) is 4.69. The monoisotopic (exact) mass is 330 g/mol. The summed E-state index contributed by atoms with van der Waals surface area (Å²) in [4.78, 5) is 28.1. The number of piperazine rings is 1. The molecule has 2 N–H and O–H groups in total. The number of carbonyl (C=O) groups excluding carboxylic acids is 2. The van der Waals surface area contributed by atoms with Crippen LogP contribution in [-0.4, -0.2) is 55.0 Å². The van der Waals surface area contributed by atoms with Gasteiger partial charge in [-0.2, -0.15) is 0 Å². The molecule has 1 atom stereocenters. The van der Waals surface area contributed by atoms with Crippen LogP contribution in [0.4, 0.5) is 0 Å². The fourth-order valence-electron chi connectivity index (χ4n) is 3.78. The smallest absolute Gasteiger partial charge is 0.278 e. The summed E-state index contributed by atoms with van der Waals surface area (Å²) in [6, 6.07) is 9.76. The molecule has 0 spiro atoms. The van der Waals surface area contributed by atoms with E-state index in [9.17, 15) is 9.59 Å². The summed E-state index contributed by atoms with van der Waals surface area (Å²) in [5.74, 6) is 0.262. The number of hydrogen-bond donors (Lipinski definition) is 2. The summed E-state index contributed by atoms with van der Waals surface area (Å²) in [5.41, 5.74) is 0.743. The van der Waals surface area contributed by atoms with Gasteiger partial charge in [-0.1, -0.05) is 31.0 Å². The lowest BCUT2D eigenvalue weighted by Gasteiger charge is -2.35.